The van der Waals surface area contributed by atoms with Gasteiger partial charge in [-0.1, -0.05) is 31.2 Å². The summed E-state index contributed by atoms with van der Waals surface area (Å²) in [4.78, 5) is 17.1. The van der Waals surface area contributed by atoms with Gasteiger partial charge >= 0.3 is 0 Å². The van der Waals surface area contributed by atoms with Crippen molar-refractivity contribution >= 4 is 5.91 Å². The molecule has 3 fully saturated rings. The van der Waals surface area contributed by atoms with Crippen LogP contribution in [0.3, 0.4) is 0 Å². The Labute approximate surface area is 175 Å². The number of aliphatic hydroxyl groups excluding tert-OH is 1. The molecule has 1 saturated carbocycles. The summed E-state index contributed by atoms with van der Waals surface area (Å²) in [6.07, 6.45) is 8.73. The highest BCUT2D eigenvalue weighted by Crippen LogP contribution is 2.47. The SMILES string of the molecule is CC1(C(=O)N2CCC(C(O)CN3CCC4(CCc5ccccc54)CC3)CC2)CC1. The normalized spacial score (nSPS) is 27.0. The number of aryl methyl sites for hydroxylation is 1. The second kappa shape index (κ2) is 7.39. The number of carbonyl (C=O) groups is 1. The van der Waals surface area contributed by atoms with E-state index in [1.165, 1.54) is 25.7 Å². The lowest BCUT2D eigenvalue weighted by Gasteiger charge is -2.42. The van der Waals surface area contributed by atoms with E-state index in [9.17, 15) is 9.90 Å². The topological polar surface area (TPSA) is 43.8 Å². The fourth-order valence-corrected chi connectivity index (χ4v) is 6.13. The van der Waals surface area contributed by atoms with Crippen LogP contribution < -0.4 is 0 Å². The van der Waals surface area contributed by atoms with Gasteiger partial charge in [0, 0.05) is 25.0 Å². The van der Waals surface area contributed by atoms with Crippen LogP contribution in [-0.4, -0.2) is 59.6 Å². The Balaban J connectivity index is 1.11. The molecular formula is C25H36N2O2. The third-order valence-electron chi connectivity index (χ3n) is 8.61. The van der Waals surface area contributed by atoms with E-state index in [0.29, 0.717) is 17.2 Å². The highest BCUT2D eigenvalue weighted by molar-refractivity contribution is 5.84. The van der Waals surface area contributed by atoms with Gasteiger partial charge in [0.2, 0.25) is 5.91 Å². The van der Waals surface area contributed by atoms with E-state index in [0.717, 1.165) is 58.4 Å². The highest BCUT2D eigenvalue weighted by Gasteiger charge is 2.47. The van der Waals surface area contributed by atoms with E-state index in [2.05, 4.69) is 41.0 Å². The van der Waals surface area contributed by atoms with Gasteiger partial charge in [-0.05, 0) is 86.9 Å². The van der Waals surface area contributed by atoms with Crippen LogP contribution in [0.4, 0.5) is 0 Å². The maximum absolute atomic E-state index is 12.5. The minimum absolute atomic E-state index is 0.0614. The Kier molecular flexibility index (Phi) is 4.98. The molecule has 1 amide bonds. The van der Waals surface area contributed by atoms with Crippen LogP contribution in [0.2, 0.25) is 0 Å². The highest BCUT2D eigenvalue weighted by atomic mass is 16.3. The zero-order chi connectivity index (χ0) is 20.1. The molecule has 2 aliphatic carbocycles. The van der Waals surface area contributed by atoms with Gasteiger partial charge in [-0.2, -0.15) is 0 Å². The first kappa shape index (κ1) is 19.6. The average Bonchev–Trinajstić information content (AvgIpc) is 3.42. The molecule has 1 aromatic carbocycles. The van der Waals surface area contributed by atoms with E-state index < -0.39 is 0 Å². The number of hydrogen-bond donors (Lipinski definition) is 1. The van der Waals surface area contributed by atoms with Crippen molar-refractivity contribution in [3.8, 4) is 0 Å². The number of amides is 1. The summed E-state index contributed by atoms with van der Waals surface area (Å²) in [6.45, 7) is 6.75. The quantitative estimate of drug-likeness (QED) is 0.849. The molecule has 158 valence electrons. The number of benzene rings is 1. The molecule has 1 atom stereocenters. The maximum Gasteiger partial charge on any atom is 0.228 e. The number of aliphatic hydroxyl groups is 1. The van der Waals surface area contributed by atoms with Crippen LogP contribution >= 0.6 is 0 Å². The standard InChI is InChI=1S/C25H36N2O2/c1-24(10-11-24)23(29)27-14-7-20(8-15-27)22(28)18-26-16-12-25(13-17-26)9-6-19-4-2-3-5-21(19)25/h2-5,20,22,28H,6-18H2,1H3. The van der Waals surface area contributed by atoms with Gasteiger partial charge in [0.05, 0.1) is 6.10 Å². The fourth-order valence-electron chi connectivity index (χ4n) is 6.13. The predicted molar refractivity (Wildman–Crippen MR) is 115 cm³/mol. The van der Waals surface area contributed by atoms with Crippen molar-refractivity contribution in [3.63, 3.8) is 0 Å². The summed E-state index contributed by atoms with van der Waals surface area (Å²) in [5.41, 5.74) is 3.49. The number of likely N-dealkylation sites (tertiary alicyclic amines) is 2. The second-order valence-corrected chi connectivity index (χ2v) is 10.5. The van der Waals surface area contributed by atoms with E-state index in [1.807, 2.05) is 0 Å². The zero-order valence-corrected chi connectivity index (χ0v) is 17.9. The number of rotatable bonds is 4. The van der Waals surface area contributed by atoms with Crippen LogP contribution in [0.15, 0.2) is 24.3 Å². The van der Waals surface area contributed by atoms with Crippen molar-refractivity contribution in [1.29, 1.82) is 0 Å². The zero-order valence-electron chi connectivity index (χ0n) is 17.9. The molecule has 4 aliphatic rings. The molecule has 1 spiro atoms. The first-order chi connectivity index (χ1) is 14.0. The number of fused-ring (bicyclic) bond motifs is 2. The predicted octanol–water partition coefficient (Wildman–Crippen LogP) is 3.37. The number of hydrogen-bond acceptors (Lipinski definition) is 3. The monoisotopic (exact) mass is 396 g/mol. The van der Waals surface area contributed by atoms with Crippen LogP contribution in [0.5, 0.6) is 0 Å². The second-order valence-electron chi connectivity index (χ2n) is 10.5. The average molecular weight is 397 g/mol. The van der Waals surface area contributed by atoms with E-state index >= 15 is 0 Å². The van der Waals surface area contributed by atoms with Gasteiger partial charge in [-0.15, -0.1) is 0 Å². The molecule has 1 unspecified atom stereocenters. The minimum atomic E-state index is -0.256. The van der Waals surface area contributed by atoms with E-state index in [1.54, 1.807) is 11.1 Å². The Bertz CT molecular complexity index is 756. The molecule has 4 nitrogen and oxygen atoms in total. The van der Waals surface area contributed by atoms with E-state index in [4.69, 9.17) is 0 Å². The van der Waals surface area contributed by atoms with Crippen molar-refractivity contribution < 1.29 is 9.90 Å². The molecule has 1 aromatic rings. The van der Waals surface area contributed by atoms with Crippen LogP contribution in [0, 0.1) is 11.3 Å². The summed E-state index contributed by atoms with van der Waals surface area (Å²) in [6, 6.07) is 9.03. The van der Waals surface area contributed by atoms with Gasteiger partial charge < -0.3 is 14.9 Å². The van der Waals surface area contributed by atoms with Crippen molar-refractivity contribution in [2.75, 3.05) is 32.7 Å². The van der Waals surface area contributed by atoms with Crippen molar-refractivity contribution in [2.24, 2.45) is 11.3 Å². The molecular weight excluding hydrogens is 360 g/mol. The Morgan fingerprint density at radius 1 is 1.07 bits per heavy atom. The smallest absolute Gasteiger partial charge is 0.228 e. The number of β-amino-alcohol motifs (C(OH)–C–C–N with tert-alkyl or cyclic N) is 1. The van der Waals surface area contributed by atoms with Crippen LogP contribution in [0.25, 0.3) is 0 Å². The first-order valence-corrected chi connectivity index (χ1v) is 11.8. The Morgan fingerprint density at radius 3 is 2.45 bits per heavy atom. The molecule has 2 saturated heterocycles. The molecule has 29 heavy (non-hydrogen) atoms. The lowest BCUT2D eigenvalue weighted by atomic mass is 9.73. The summed E-state index contributed by atoms with van der Waals surface area (Å²) in [5.74, 6) is 0.692. The Morgan fingerprint density at radius 2 is 1.76 bits per heavy atom. The third-order valence-corrected chi connectivity index (χ3v) is 8.61. The van der Waals surface area contributed by atoms with Gasteiger partial charge in [0.1, 0.15) is 0 Å². The fraction of sp³-hybridized carbons (Fsp3) is 0.720. The van der Waals surface area contributed by atoms with Crippen LogP contribution in [-0.2, 0) is 16.6 Å². The number of piperidine rings is 2. The number of carbonyl (C=O) groups excluding carboxylic acids is 1. The van der Waals surface area contributed by atoms with Gasteiger partial charge in [-0.3, -0.25) is 4.79 Å². The molecule has 5 rings (SSSR count). The molecule has 0 radical (unpaired) electrons. The van der Waals surface area contributed by atoms with Crippen molar-refractivity contribution in [2.45, 2.75) is 69.8 Å². The van der Waals surface area contributed by atoms with Crippen molar-refractivity contribution in [1.82, 2.24) is 9.80 Å². The Hall–Kier alpha value is -1.39. The number of nitrogens with zero attached hydrogens (tertiary/aromatic N) is 2. The minimum Gasteiger partial charge on any atom is -0.392 e. The first-order valence-electron chi connectivity index (χ1n) is 11.8. The molecule has 2 aliphatic heterocycles. The van der Waals surface area contributed by atoms with E-state index in [-0.39, 0.29) is 11.5 Å². The maximum atomic E-state index is 12.5. The largest absolute Gasteiger partial charge is 0.392 e. The lowest BCUT2D eigenvalue weighted by Crippen LogP contribution is -2.48. The van der Waals surface area contributed by atoms with Crippen LogP contribution in [0.1, 0.15) is 63.0 Å². The summed E-state index contributed by atoms with van der Waals surface area (Å²) < 4.78 is 0. The molecule has 1 N–H and O–H groups in total. The summed E-state index contributed by atoms with van der Waals surface area (Å²) in [7, 11) is 0. The van der Waals surface area contributed by atoms with Gasteiger partial charge in [0.25, 0.3) is 0 Å². The summed E-state index contributed by atoms with van der Waals surface area (Å²) >= 11 is 0. The molecule has 2 heterocycles. The molecule has 4 heteroatoms. The lowest BCUT2D eigenvalue weighted by molar-refractivity contribution is -0.138. The molecule has 0 aromatic heterocycles. The molecule has 0 bridgehead atoms. The van der Waals surface area contributed by atoms with Gasteiger partial charge in [0.15, 0.2) is 0 Å². The third kappa shape index (κ3) is 3.63. The van der Waals surface area contributed by atoms with Crippen molar-refractivity contribution in [3.05, 3.63) is 35.4 Å². The summed E-state index contributed by atoms with van der Waals surface area (Å²) in [5, 5.41) is 10.9. The van der Waals surface area contributed by atoms with Gasteiger partial charge in [-0.25, -0.2) is 0 Å².